The molecule has 0 aliphatic carbocycles. The molecule has 0 aromatic heterocycles. The first kappa shape index (κ1) is 16.7. The standard InChI is InChI=1S/C18H17Cl2NOS/c1-11-3-5-14(12(2)9-11)18-21(7-8-23-18)17(22)13-4-6-15(19)16(20)10-13/h3-6,9-10,18H,7-8H2,1-2H3. The van der Waals surface area contributed by atoms with Crippen molar-refractivity contribution in [2.24, 2.45) is 0 Å². The number of halogens is 2. The number of hydrogen-bond donors (Lipinski definition) is 0. The van der Waals surface area contributed by atoms with E-state index in [1.165, 1.54) is 16.7 Å². The van der Waals surface area contributed by atoms with Gasteiger partial charge in [-0.2, -0.15) is 0 Å². The summed E-state index contributed by atoms with van der Waals surface area (Å²) in [5.41, 5.74) is 4.23. The molecule has 0 spiro atoms. The Morgan fingerprint density at radius 3 is 2.61 bits per heavy atom. The zero-order valence-corrected chi connectivity index (χ0v) is 15.3. The first-order valence-corrected chi connectivity index (χ1v) is 9.22. The summed E-state index contributed by atoms with van der Waals surface area (Å²) in [6.45, 7) is 4.92. The summed E-state index contributed by atoms with van der Waals surface area (Å²) >= 11 is 13.8. The molecule has 1 heterocycles. The Kier molecular flexibility index (Phi) is 4.90. The van der Waals surface area contributed by atoms with E-state index in [9.17, 15) is 4.79 Å². The van der Waals surface area contributed by atoms with Crippen LogP contribution in [0, 0.1) is 13.8 Å². The highest BCUT2D eigenvalue weighted by atomic mass is 35.5. The van der Waals surface area contributed by atoms with Crippen LogP contribution in [0.25, 0.3) is 0 Å². The molecule has 1 aliphatic heterocycles. The lowest BCUT2D eigenvalue weighted by Crippen LogP contribution is -2.30. The highest BCUT2D eigenvalue weighted by molar-refractivity contribution is 7.99. The largest absolute Gasteiger partial charge is 0.322 e. The third kappa shape index (κ3) is 3.37. The molecule has 23 heavy (non-hydrogen) atoms. The van der Waals surface area contributed by atoms with Gasteiger partial charge in [-0.3, -0.25) is 4.79 Å². The average molecular weight is 366 g/mol. The minimum Gasteiger partial charge on any atom is -0.322 e. The van der Waals surface area contributed by atoms with E-state index in [4.69, 9.17) is 23.2 Å². The molecule has 1 fully saturated rings. The van der Waals surface area contributed by atoms with E-state index in [1.807, 2.05) is 4.90 Å². The van der Waals surface area contributed by atoms with Crippen LogP contribution in [0.3, 0.4) is 0 Å². The molecule has 2 nitrogen and oxygen atoms in total. The van der Waals surface area contributed by atoms with Crippen molar-refractivity contribution in [2.75, 3.05) is 12.3 Å². The number of aryl methyl sites for hydroxylation is 2. The van der Waals surface area contributed by atoms with Gasteiger partial charge in [-0.25, -0.2) is 0 Å². The lowest BCUT2D eigenvalue weighted by molar-refractivity contribution is 0.0760. The van der Waals surface area contributed by atoms with E-state index < -0.39 is 0 Å². The monoisotopic (exact) mass is 365 g/mol. The van der Waals surface area contributed by atoms with Crippen LogP contribution in [0.2, 0.25) is 10.0 Å². The van der Waals surface area contributed by atoms with Crippen molar-refractivity contribution in [3.8, 4) is 0 Å². The van der Waals surface area contributed by atoms with Crippen LogP contribution in [-0.2, 0) is 0 Å². The van der Waals surface area contributed by atoms with Gasteiger partial charge in [0.15, 0.2) is 0 Å². The summed E-state index contributed by atoms with van der Waals surface area (Å²) in [5.74, 6) is 0.934. The Balaban J connectivity index is 1.91. The first-order chi connectivity index (χ1) is 11.0. The number of benzene rings is 2. The minimum atomic E-state index is -0.00135. The fourth-order valence-electron chi connectivity index (χ4n) is 2.83. The van der Waals surface area contributed by atoms with E-state index in [-0.39, 0.29) is 11.3 Å². The third-order valence-electron chi connectivity index (χ3n) is 4.01. The fraction of sp³-hybridized carbons (Fsp3) is 0.278. The highest BCUT2D eigenvalue weighted by Crippen LogP contribution is 2.40. The SMILES string of the molecule is Cc1ccc(C2SCCN2C(=O)c2ccc(Cl)c(Cl)c2)c(C)c1. The van der Waals surface area contributed by atoms with Gasteiger partial charge in [0, 0.05) is 17.9 Å². The Labute approximate surface area is 150 Å². The van der Waals surface area contributed by atoms with E-state index >= 15 is 0 Å². The van der Waals surface area contributed by atoms with Gasteiger partial charge in [0.2, 0.25) is 0 Å². The number of thioether (sulfide) groups is 1. The quantitative estimate of drug-likeness (QED) is 0.700. The molecule has 1 unspecified atom stereocenters. The van der Waals surface area contributed by atoms with Crippen molar-refractivity contribution in [3.63, 3.8) is 0 Å². The topological polar surface area (TPSA) is 20.3 Å². The smallest absolute Gasteiger partial charge is 0.255 e. The van der Waals surface area contributed by atoms with Gasteiger partial charge in [0.25, 0.3) is 5.91 Å². The number of hydrogen-bond acceptors (Lipinski definition) is 2. The van der Waals surface area contributed by atoms with Crippen LogP contribution in [0.4, 0.5) is 0 Å². The van der Waals surface area contributed by atoms with Crippen LogP contribution in [-0.4, -0.2) is 23.1 Å². The molecule has 2 aromatic rings. The predicted octanol–water partition coefficient (Wildman–Crippen LogP) is 5.50. The van der Waals surface area contributed by atoms with E-state index in [0.717, 1.165) is 12.3 Å². The Morgan fingerprint density at radius 1 is 1.13 bits per heavy atom. The predicted molar refractivity (Wildman–Crippen MR) is 98.6 cm³/mol. The van der Waals surface area contributed by atoms with Gasteiger partial charge < -0.3 is 4.90 Å². The van der Waals surface area contributed by atoms with Crippen LogP contribution in [0.5, 0.6) is 0 Å². The molecule has 120 valence electrons. The van der Waals surface area contributed by atoms with Crippen LogP contribution < -0.4 is 0 Å². The molecule has 0 radical (unpaired) electrons. The summed E-state index contributed by atoms with van der Waals surface area (Å²) in [5, 5.41) is 0.926. The van der Waals surface area contributed by atoms with Gasteiger partial charge in [0.1, 0.15) is 5.37 Å². The molecule has 5 heteroatoms. The molecule has 0 N–H and O–H groups in total. The van der Waals surface area contributed by atoms with E-state index in [1.54, 1.807) is 30.0 Å². The maximum atomic E-state index is 12.9. The van der Waals surface area contributed by atoms with Gasteiger partial charge in [-0.15, -0.1) is 11.8 Å². The number of rotatable bonds is 2. The van der Waals surface area contributed by atoms with Gasteiger partial charge in [-0.1, -0.05) is 47.0 Å². The van der Waals surface area contributed by atoms with Crippen molar-refractivity contribution in [3.05, 3.63) is 68.7 Å². The van der Waals surface area contributed by atoms with Crippen molar-refractivity contribution in [1.29, 1.82) is 0 Å². The van der Waals surface area contributed by atoms with E-state index in [2.05, 4.69) is 32.0 Å². The Bertz CT molecular complexity index is 763. The van der Waals surface area contributed by atoms with Crippen LogP contribution in [0.1, 0.15) is 32.4 Å². The Hall–Kier alpha value is -1.16. The zero-order valence-electron chi connectivity index (χ0n) is 13.0. The number of amides is 1. The summed E-state index contributed by atoms with van der Waals surface area (Å²) < 4.78 is 0. The molecule has 1 aliphatic rings. The minimum absolute atomic E-state index is 0.00135. The van der Waals surface area contributed by atoms with Crippen molar-refractivity contribution < 1.29 is 4.79 Å². The summed E-state index contributed by atoms with van der Waals surface area (Å²) in [7, 11) is 0. The van der Waals surface area contributed by atoms with Gasteiger partial charge in [0.05, 0.1) is 10.0 Å². The summed E-state index contributed by atoms with van der Waals surface area (Å²) in [6.07, 6.45) is 0. The molecule has 0 saturated carbocycles. The number of carbonyl (C=O) groups is 1. The van der Waals surface area contributed by atoms with E-state index in [0.29, 0.717) is 15.6 Å². The number of carbonyl (C=O) groups excluding carboxylic acids is 1. The molecule has 0 bridgehead atoms. The summed E-state index contributed by atoms with van der Waals surface area (Å²) in [4.78, 5) is 14.8. The molecular weight excluding hydrogens is 349 g/mol. The van der Waals surface area contributed by atoms with Crippen molar-refractivity contribution >= 4 is 40.9 Å². The number of nitrogens with zero attached hydrogens (tertiary/aromatic N) is 1. The van der Waals surface area contributed by atoms with Crippen molar-refractivity contribution in [1.82, 2.24) is 4.90 Å². The molecular formula is C18H17Cl2NOS. The Morgan fingerprint density at radius 2 is 1.91 bits per heavy atom. The molecule has 1 atom stereocenters. The van der Waals surface area contributed by atoms with Gasteiger partial charge >= 0.3 is 0 Å². The lowest BCUT2D eigenvalue weighted by Gasteiger charge is -2.25. The third-order valence-corrected chi connectivity index (χ3v) is 5.99. The first-order valence-electron chi connectivity index (χ1n) is 7.42. The summed E-state index contributed by atoms with van der Waals surface area (Å²) in [6, 6.07) is 11.4. The molecule has 1 amide bonds. The zero-order chi connectivity index (χ0) is 16.6. The van der Waals surface area contributed by atoms with Gasteiger partial charge in [-0.05, 0) is 43.2 Å². The highest BCUT2D eigenvalue weighted by Gasteiger charge is 2.32. The maximum Gasteiger partial charge on any atom is 0.255 e. The second-order valence-corrected chi connectivity index (χ2v) is 7.71. The average Bonchev–Trinajstić information content (AvgIpc) is 2.98. The lowest BCUT2D eigenvalue weighted by atomic mass is 10.0. The van der Waals surface area contributed by atoms with Crippen molar-refractivity contribution in [2.45, 2.75) is 19.2 Å². The second-order valence-electron chi connectivity index (χ2n) is 5.71. The van der Waals surface area contributed by atoms with Crippen LogP contribution in [0.15, 0.2) is 36.4 Å². The normalized spacial score (nSPS) is 17.6. The molecule has 1 saturated heterocycles. The molecule has 3 rings (SSSR count). The second kappa shape index (κ2) is 6.76. The van der Waals surface area contributed by atoms with Crippen LogP contribution >= 0.6 is 35.0 Å². The molecule has 2 aromatic carbocycles. The maximum absolute atomic E-state index is 12.9. The fourth-order valence-corrected chi connectivity index (χ4v) is 4.48.